The maximum Gasteiger partial charge on any atom is 0.326 e. The number of carbonyl (C=O) groups excluding carboxylic acids is 1. The van der Waals surface area contributed by atoms with E-state index >= 15 is 0 Å². The van der Waals surface area contributed by atoms with Gasteiger partial charge >= 0.3 is 12.0 Å². The smallest absolute Gasteiger partial charge is 0.326 e. The van der Waals surface area contributed by atoms with Gasteiger partial charge in [-0.05, 0) is 42.4 Å². The summed E-state index contributed by atoms with van der Waals surface area (Å²) in [6, 6.07) is -1.24. The molecule has 3 unspecified atom stereocenters. The Bertz CT molecular complexity index is 389. The highest BCUT2D eigenvalue weighted by molar-refractivity contribution is 5.83. The fourth-order valence-corrected chi connectivity index (χ4v) is 3.68. The molecule has 5 heteroatoms. The maximum atomic E-state index is 11.9. The molecule has 5 nitrogen and oxygen atoms in total. The average Bonchev–Trinajstić information content (AvgIpc) is 2.93. The van der Waals surface area contributed by atoms with E-state index in [1.807, 2.05) is 20.8 Å². The van der Waals surface area contributed by atoms with Crippen LogP contribution in [0.3, 0.4) is 0 Å². The number of nitrogens with one attached hydrogen (secondary N) is 2. The van der Waals surface area contributed by atoms with Gasteiger partial charge in [-0.15, -0.1) is 0 Å². The van der Waals surface area contributed by atoms with E-state index in [1.165, 1.54) is 25.7 Å². The van der Waals surface area contributed by atoms with Crippen molar-refractivity contribution in [2.75, 3.05) is 6.54 Å². The quantitative estimate of drug-likeness (QED) is 0.740. The van der Waals surface area contributed by atoms with Crippen LogP contribution in [0.5, 0.6) is 0 Å². The first-order valence-corrected chi connectivity index (χ1v) is 7.54. The van der Waals surface area contributed by atoms with Gasteiger partial charge in [-0.2, -0.15) is 0 Å². The molecule has 0 heterocycles. The van der Waals surface area contributed by atoms with Crippen molar-refractivity contribution in [1.82, 2.24) is 10.6 Å². The molecule has 2 saturated carbocycles. The zero-order valence-corrected chi connectivity index (χ0v) is 12.6. The van der Waals surface area contributed by atoms with Crippen LogP contribution < -0.4 is 10.6 Å². The first-order chi connectivity index (χ1) is 9.27. The van der Waals surface area contributed by atoms with Crippen molar-refractivity contribution < 1.29 is 14.7 Å². The summed E-state index contributed by atoms with van der Waals surface area (Å²) in [6.07, 6.45) is 5.16. The fraction of sp³-hybridized carbons (Fsp3) is 0.867. The Labute approximate surface area is 120 Å². The second-order valence-electron chi connectivity index (χ2n) is 7.43. The zero-order valence-electron chi connectivity index (χ0n) is 12.6. The lowest BCUT2D eigenvalue weighted by Crippen LogP contribution is -2.52. The van der Waals surface area contributed by atoms with Gasteiger partial charge in [0, 0.05) is 6.54 Å². The van der Waals surface area contributed by atoms with Crippen molar-refractivity contribution in [2.24, 2.45) is 23.2 Å². The summed E-state index contributed by atoms with van der Waals surface area (Å²) in [4.78, 5) is 23.1. The van der Waals surface area contributed by atoms with E-state index in [9.17, 15) is 14.7 Å². The summed E-state index contributed by atoms with van der Waals surface area (Å²) >= 11 is 0. The van der Waals surface area contributed by atoms with E-state index in [4.69, 9.17) is 0 Å². The number of urea groups is 1. The van der Waals surface area contributed by atoms with Crippen molar-refractivity contribution in [3.63, 3.8) is 0 Å². The van der Waals surface area contributed by atoms with Gasteiger partial charge in [0.05, 0.1) is 0 Å². The van der Waals surface area contributed by atoms with Crippen LogP contribution in [0.15, 0.2) is 0 Å². The molecule has 114 valence electrons. The zero-order chi connectivity index (χ0) is 14.9. The molecule has 20 heavy (non-hydrogen) atoms. The Kier molecular flexibility index (Phi) is 4.25. The van der Waals surface area contributed by atoms with Gasteiger partial charge in [-0.1, -0.05) is 27.2 Å². The lowest BCUT2D eigenvalue weighted by atomic mass is 9.87. The molecule has 2 rings (SSSR count). The van der Waals surface area contributed by atoms with Gasteiger partial charge < -0.3 is 15.7 Å². The molecule has 0 aromatic rings. The van der Waals surface area contributed by atoms with E-state index < -0.39 is 17.4 Å². The van der Waals surface area contributed by atoms with Gasteiger partial charge in [0.25, 0.3) is 0 Å². The van der Waals surface area contributed by atoms with E-state index in [1.54, 1.807) is 0 Å². The number of amides is 2. The second-order valence-corrected chi connectivity index (χ2v) is 7.43. The van der Waals surface area contributed by atoms with Gasteiger partial charge in [0.1, 0.15) is 6.04 Å². The molecule has 0 spiro atoms. The van der Waals surface area contributed by atoms with Gasteiger partial charge in [0.2, 0.25) is 0 Å². The highest BCUT2D eigenvalue weighted by Gasteiger charge is 2.39. The van der Waals surface area contributed by atoms with E-state index in [-0.39, 0.29) is 6.03 Å². The van der Waals surface area contributed by atoms with Gasteiger partial charge in [-0.3, -0.25) is 0 Å². The van der Waals surface area contributed by atoms with Crippen molar-refractivity contribution in [3.8, 4) is 0 Å². The van der Waals surface area contributed by atoms with E-state index in [0.717, 1.165) is 11.8 Å². The molecule has 2 fully saturated rings. The number of hydrogen-bond donors (Lipinski definition) is 3. The second kappa shape index (κ2) is 5.62. The predicted molar refractivity (Wildman–Crippen MR) is 76.4 cm³/mol. The molecule has 4 atom stereocenters. The van der Waals surface area contributed by atoms with E-state index in [0.29, 0.717) is 12.5 Å². The Hall–Kier alpha value is -1.26. The average molecular weight is 282 g/mol. The highest BCUT2D eigenvalue weighted by Crippen LogP contribution is 2.47. The third kappa shape index (κ3) is 3.44. The molecule has 0 aromatic heterocycles. The van der Waals surface area contributed by atoms with Crippen LogP contribution in [-0.4, -0.2) is 29.7 Å². The van der Waals surface area contributed by atoms with Crippen LogP contribution in [0.4, 0.5) is 4.79 Å². The summed E-state index contributed by atoms with van der Waals surface area (Å²) < 4.78 is 0. The Morgan fingerprint density at radius 2 is 1.95 bits per heavy atom. The Morgan fingerprint density at radius 3 is 2.40 bits per heavy atom. The normalized spacial score (nSPS) is 30.1. The molecular weight excluding hydrogens is 256 g/mol. The van der Waals surface area contributed by atoms with Crippen LogP contribution in [0.25, 0.3) is 0 Å². The monoisotopic (exact) mass is 282 g/mol. The highest BCUT2D eigenvalue weighted by atomic mass is 16.4. The molecule has 2 aliphatic rings. The van der Waals surface area contributed by atoms with Crippen LogP contribution in [-0.2, 0) is 4.79 Å². The van der Waals surface area contributed by atoms with Crippen molar-refractivity contribution in [3.05, 3.63) is 0 Å². The molecule has 0 saturated heterocycles. The molecule has 3 N–H and O–H groups in total. The minimum atomic E-state index is -0.993. The van der Waals surface area contributed by atoms with Gasteiger partial charge in [-0.25, -0.2) is 9.59 Å². The number of hydrogen-bond acceptors (Lipinski definition) is 2. The topological polar surface area (TPSA) is 78.4 Å². The van der Waals surface area contributed by atoms with Crippen LogP contribution in [0.2, 0.25) is 0 Å². The predicted octanol–water partition coefficient (Wildman–Crippen LogP) is 2.22. The minimum Gasteiger partial charge on any atom is -0.480 e. The molecule has 2 amide bonds. The molecule has 2 bridgehead atoms. The fourth-order valence-electron chi connectivity index (χ4n) is 3.68. The molecular formula is C15H26N2O3. The number of carboxylic acids is 1. The third-order valence-electron chi connectivity index (χ3n) is 4.80. The first kappa shape index (κ1) is 15.1. The van der Waals surface area contributed by atoms with Gasteiger partial charge in [0.15, 0.2) is 0 Å². The molecule has 0 aromatic carbocycles. The lowest BCUT2D eigenvalue weighted by molar-refractivity contribution is -0.141. The Balaban J connectivity index is 1.78. The van der Waals surface area contributed by atoms with Crippen LogP contribution in [0.1, 0.15) is 46.5 Å². The maximum absolute atomic E-state index is 11.9. The minimum absolute atomic E-state index is 0.366. The SMILES string of the molecule is CC(C)(C)[C@@H](NC(=O)NCC1CC2CCC1C2)C(=O)O. The number of aliphatic carboxylic acids is 1. The van der Waals surface area contributed by atoms with Crippen LogP contribution in [0, 0.1) is 23.2 Å². The van der Waals surface area contributed by atoms with Crippen LogP contribution >= 0.6 is 0 Å². The molecule has 0 radical (unpaired) electrons. The third-order valence-corrected chi connectivity index (χ3v) is 4.80. The first-order valence-electron chi connectivity index (χ1n) is 7.54. The van der Waals surface area contributed by atoms with Crippen molar-refractivity contribution >= 4 is 12.0 Å². The van der Waals surface area contributed by atoms with E-state index in [2.05, 4.69) is 10.6 Å². The molecule has 0 aliphatic heterocycles. The summed E-state index contributed by atoms with van der Waals surface area (Å²) in [7, 11) is 0. The standard InChI is InChI=1S/C15H26N2O3/c1-15(2,3)12(13(18)19)17-14(20)16-8-11-7-9-4-5-10(11)6-9/h9-12H,4-8H2,1-3H3,(H,18,19)(H2,16,17,20)/t9?,10?,11?,12-/m0/s1. The van der Waals surface area contributed by atoms with Crippen molar-refractivity contribution in [2.45, 2.75) is 52.5 Å². The summed E-state index contributed by atoms with van der Waals surface area (Å²) in [6.45, 7) is 6.09. The van der Waals surface area contributed by atoms with Crippen molar-refractivity contribution in [1.29, 1.82) is 0 Å². The largest absolute Gasteiger partial charge is 0.480 e. The number of fused-ring (bicyclic) bond motifs is 2. The Morgan fingerprint density at radius 1 is 1.25 bits per heavy atom. The number of carboxylic acid groups (broad SMARTS) is 1. The number of carbonyl (C=O) groups is 2. The summed E-state index contributed by atoms with van der Waals surface area (Å²) in [5.41, 5.74) is -0.504. The summed E-state index contributed by atoms with van der Waals surface area (Å²) in [5.74, 6) is 1.21. The summed E-state index contributed by atoms with van der Waals surface area (Å²) in [5, 5.41) is 14.6. The number of rotatable bonds is 4. The molecule has 2 aliphatic carbocycles. The lowest BCUT2D eigenvalue weighted by Gasteiger charge is -2.28.